The van der Waals surface area contributed by atoms with Crippen molar-refractivity contribution in [2.24, 2.45) is 0 Å². The molecular weight excluding hydrogens is 356 g/mol. The summed E-state index contributed by atoms with van der Waals surface area (Å²) in [6, 6.07) is 7.71. The second-order valence-electron chi connectivity index (χ2n) is 5.59. The zero-order valence-electron chi connectivity index (χ0n) is 13.8. The maximum absolute atomic E-state index is 12.2. The largest absolute Gasteiger partial charge is 0.348 e. The van der Waals surface area contributed by atoms with E-state index in [1.807, 2.05) is 45.9 Å². The highest BCUT2D eigenvalue weighted by Gasteiger charge is 2.13. The third kappa shape index (κ3) is 4.76. The Morgan fingerprint density at radius 1 is 1.26 bits per heavy atom. The van der Waals surface area contributed by atoms with Gasteiger partial charge in [0.05, 0.1) is 0 Å². The van der Waals surface area contributed by atoms with Gasteiger partial charge in [-0.3, -0.25) is 4.79 Å². The molecule has 0 saturated carbocycles. The lowest BCUT2D eigenvalue weighted by atomic mass is 10.2. The van der Waals surface area contributed by atoms with Gasteiger partial charge in [0, 0.05) is 21.9 Å². The zero-order chi connectivity index (χ0) is 17.0. The van der Waals surface area contributed by atoms with E-state index in [4.69, 9.17) is 0 Å². The number of carbonyl (C=O) groups is 1. The molecule has 1 aromatic carbocycles. The number of anilines is 2. The average Bonchev–Trinajstić information content (AvgIpc) is 2.49. The van der Waals surface area contributed by atoms with Gasteiger partial charge in [-0.2, -0.15) is 0 Å². The SMILES string of the molecule is CCC(C)NC(=O)c1cc(C)nc(Nc2ccc(Br)cc2C)n1. The number of benzene rings is 1. The highest BCUT2D eigenvalue weighted by Crippen LogP contribution is 2.22. The predicted molar refractivity (Wildman–Crippen MR) is 96.1 cm³/mol. The molecule has 0 aliphatic rings. The molecule has 1 heterocycles. The molecule has 0 radical (unpaired) electrons. The van der Waals surface area contributed by atoms with E-state index >= 15 is 0 Å². The smallest absolute Gasteiger partial charge is 0.270 e. The van der Waals surface area contributed by atoms with Gasteiger partial charge in [0.15, 0.2) is 0 Å². The molecule has 5 nitrogen and oxygen atoms in total. The number of aryl methyl sites for hydroxylation is 2. The fourth-order valence-electron chi connectivity index (χ4n) is 2.03. The number of hydrogen-bond donors (Lipinski definition) is 2. The first-order valence-electron chi connectivity index (χ1n) is 7.58. The van der Waals surface area contributed by atoms with Gasteiger partial charge in [-0.25, -0.2) is 9.97 Å². The van der Waals surface area contributed by atoms with Crippen LogP contribution in [0.1, 0.15) is 42.0 Å². The van der Waals surface area contributed by atoms with Crippen molar-refractivity contribution in [3.05, 3.63) is 45.7 Å². The summed E-state index contributed by atoms with van der Waals surface area (Å²) in [5, 5.41) is 6.10. The van der Waals surface area contributed by atoms with Crippen molar-refractivity contribution in [1.29, 1.82) is 0 Å². The fourth-order valence-corrected chi connectivity index (χ4v) is 2.50. The van der Waals surface area contributed by atoms with Gasteiger partial charge in [0.2, 0.25) is 5.95 Å². The van der Waals surface area contributed by atoms with Crippen LogP contribution in [-0.2, 0) is 0 Å². The van der Waals surface area contributed by atoms with Crippen LogP contribution in [0.2, 0.25) is 0 Å². The third-order valence-corrected chi connectivity index (χ3v) is 4.00. The maximum Gasteiger partial charge on any atom is 0.270 e. The molecule has 0 aliphatic carbocycles. The lowest BCUT2D eigenvalue weighted by molar-refractivity contribution is 0.0934. The van der Waals surface area contributed by atoms with Crippen LogP contribution in [0.15, 0.2) is 28.7 Å². The third-order valence-electron chi connectivity index (χ3n) is 3.51. The van der Waals surface area contributed by atoms with Gasteiger partial charge in [0.25, 0.3) is 5.91 Å². The van der Waals surface area contributed by atoms with Gasteiger partial charge in [0.1, 0.15) is 5.69 Å². The highest BCUT2D eigenvalue weighted by molar-refractivity contribution is 9.10. The molecule has 0 spiro atoms. The highest BCUT2D eigenvalue weighted by atomic mass is 79.9. The van der Waals surface area contributed by atoms with Crippen LogP contribution in [0.3, 0.4) is 0 Å². The van der Waals surface area contributed by atoms with E-state index in [2.05, 4.69) is 36.5 Å². The lowest BCUT2D eigenvalue weighted by Gasteiger charge is -2.13. The summed E-state index contributed by atoms with van der Waals surface area (Å²) in [6.07, 6.45) is 0.874. The molecule has 1 unspecified atom stereocenters. The van der Waals surface area contributed by atoms with Crippen LogP contribution >= 0.6 is 15.9 Å². The lowest BCUT2D eigenvalue weighted by Crippen LogP contribution is -2.32. The average molecular weight is 377 g/mol. The Hall–Kier alpha value is -1.95. The van der Waals surface area contributed by atoms with Crippen molar-refractivity contribution in [2.45, 2.75) is 40.2 Å². The summed E-state index contributed by atoms with van der Waals surface area (Å²) in [4.78, 5) is 20.9. The summed E-state index contributed by atoms with van der Waals surface area (Å²) in [6.45, 7) is 7.84. The van der Waals surface area contributed by atoms with Gasteiger partial charge < -0.3 is 10.6 Å². The normalized spacial score (nSPS) is 11.9. The Kier molecular flexibility index (Phi) is 5.71. The number of halogens is 1. The number of rotatable bonds is 5. The summed E-state index contributed by atoms with van der Waals surface area (Å²) >= 11 is 3.44. The Morgan fingerprint density at radius 2 is 2.00 bits per heavy atom. The van der Waals surface area contributed by atoms with Gasteiger partial charge in [-0.15, -0.1) is 0 Å². The van der Waals surface area contributed by atoms with Gasteiger partial charge in [-0.05, 0) is 57.0 Å². The number of nitrogens with zero attached hydrogens (tertiary/aromatic N) is 2. The van der Waals surface area contributed by atoms with Crippen LogP contribution < -0.4 is 10.6 Å². The summed E-state index contributed by atoms with van der Waals surface area (Å²) in [5.74, 6) is 0.241. The molecule has 0 aliphatic heterocycles. The molecule has 0 bridgehead atoms. The Morgan fingerprint density at radius 3 is 2.65 bits per heavy atom. The minimum atomic E-state index is -0.180. The van der Waals surface area contributed by atoms with E-state index in [-0.39, 0.29) is 11.9 Å². The second kappa shape index (κ2) is 7.55. The topological polar surface area (TPSA) is 66.9 Å². The molecule has 122 valence electrons. The molecule has 1 amide bonds. The molecule has 2 rings (SSSR count). The Bertz CT molecular complexity index is 718. The molecular formula is C17H21BrN4O. The predicted octanol–water partition coefficient (Wildman–Crippen LogP) is 4.13. The van der Waals surface area contributed by atoms with Crippen LogP contribution in [0.25, 0.3) is 0 Å². The minimum absolute atomic E-state index is 0.114. The zero-order valence-corrected chi connectivity index (χ0v) is 15.4. The van der Waals surface area contributed by atoms with E-state index in [1.165, 1.54) is 0 Å². The summed E-state index contributed by atoms with van der Waals surface area (Å²) in [7, 11) is 0. The van der Waals surface area contributed by atoms with Gasteiger partial charge in [-0.1, -0.05) is 22.9 Å². The molecule has 6 heteroatoms. The van der Waals surface area contributed by atoms with Crippen LogP contribution in [0.5, 0.6) is 0 Å². The van der Waals surface area contributed by atoms with Crippen molar-refractivity contribution in [1.82, 2.24) is 15.3 Å². The molecule has 23 heavy (non-hydrogen) atoms. The van der Waals surface area contributed by atoms with E-state index in [9.17, 15) is 4.79 Å². The minimum Gasteiger partial charge on any atom is -0.348 e. The first-order valence-corrected chi connectivity index (χ1v) is 8.38. The Balaban J connectivity index is 2.24. The number of hydrogen-bond acceptors (Lipinski definition) is 4. The van der Waals surface area contributed by atoms with E-state index in [0.717, 1.165) is 27.8 Å². The number of aromatic nitrogens is 2. The van der Waals surface area contributed by atoms with Gasteiger partial charge >= 0.3 is 0 Å². The summed E-state index contributed by atoms with van der Waals surface area (Å²) in [5.41, 5.74) is 3.09. The first-order chi connectivity index (χ1) is 10.9. The standard InChI is InChI=1S/C17H21BrN4O/c1-5-11(3)19-16(23)15-9-12(4)20-17(22-15)21-14-7-6-13(18)8-10(14)2/h6-9,11H,5H2,1-4H3,(H,19,23)(H,20,21,22). The van der Waals surface area contributed by atoms with E-state index in [0.29, 0.717) is 11.6 Å². The van der Waals surface area contributed by atoms with Crippen molar-refractivity contribution in [3.63, 3.8) is 0 Å². The van der Waals surface area contributed by atoms with Crippen molar-refractivity contribution < 1.29 is 4.79 Å². The molecule has 2 N–H and O–H groups in total. The molecule has 2 aromatic rings. The van der Waals surface area contributed by atoms with E-state index < -0.39 is 0 Å². The monoisotopic (exact) mass is 376 g/mol. The quantitative estimate of drug-likeness (QED) is 0.822. The van der Waals surface area contributed by atoms with Crippen LogP contribution in [0, 0.1) is 13.8 Å². The maximum atomic E-state index is 12.2. The molecule has 1 atom stereocenters. The summed E-state index contributed by atoms with van der Waals surface area (Å²) < 4.78 is 1.01. The Labute approximate surface area is 145 Å². The number of nitrogens with one attached hydrogen (secondary N) is 2. The number of carbonyl (C=O) groups excluding carboxylic acids is 1. The van der Waals surface area contributed by atoms with Crippen LogP contribution in [-0.4, -0.2) is 21.9 Å². The van der Waals surface area contributed by atoms with Crippen LogP contribution in [0.4, 0.5) is 11.6 Å². The molecule has 1 aromatic heterocycles. The van der Waals surface area contributed by atoms with Crippen molar-refractivity contribution >= 4 is 33.5 Å². The van der Waals surface area contributed by atoms with Crippen molar-refractivity contribution in [3.8, 4) is 0 Å². The molecule has 0 fully saturated rings. The second-order valence-corrected chi connectivity index (χ2v) is 6.50. The van der Waals surface area contributed by atoms with E-state index in [1.54, 1.807) is 6.07 Å². The fraction of sp³-hybridized carbons (Fsp3) is 0.353. The first kappa shape index (κ1) is 17.4. The van der Waals surface area contributed by atoms with Crippen molar-refractivity contribution in [2.75, 3.05) is 5.32 Å². The number of amides is 1. The molecule has 0 saturated heterocycles.